The number of carbonyl (C=O) groups excluding carboxylic acids is 1. The first kappa shape index (κ1) is 23.0. The van der Waals surface area contributed by atoms with E-state index in [2.05, 4.69) is 20.3 Å². The van der Waals surface area contributed by atoms with Gasteiger partial charge in [0.1, 0.15) is 17.5 Å². The Kier molecular flexibility index (Phi) is 6.10. The zero-order valence-electron chi connectivity index (χ0n) is 18.8. The van der Waals surface area contributed by atoms with Gasteiger partial charge in [-0.3, -0.25) is 9.59 Å². The second-order valence-corrected chi connectivity index (χ2v) is 8.12. The van der Waals surface area contributed by atoms with E-state index in [0.29, 0.717) is 11.4 Å². The van der Waals surface area contributed by atoms with E-state index in [1.807, 2.05) is 0 Å². The van der Waals surface area contributed by atoms with Crippen molar-refractivity contribution in [3.63, 3.8) is 0 Å². The van der Waals surface area contributed by atoms with Gasteiger partial charge in [0.05, 0.1) is 39.9 Å². The molecular formula is C25H22F2N4O3. The maximum Gasteiger partial charge on any atom is 0.316 e. The highest BCUT2D eigenvalue weighted by molar-refractivity contribution is 5.94. The Morgan fingerprint density at radius 1 is 1.15 bits per heavy atom. The monoisotopic (exact) mass is 464 g/mol. The molecule has 174 valence electrons. The van der Waals surface area contributed by atoms with Gasteiger partial charge in [0.2, 0.25) is 0 Å². The maximum atomic E-state index is 14.4. The first-order valence-corrected chi connectivity index (χ1v) is 10.6. The third-order valence-electron chi connectivity index (χ3n) is 5.48. The Morgan fingerprint density at radius 2 is 1.88 bits per heavy atom. The van der Waals surface area contributed by atoms with Gasteiger partial charge in [-0.25, -0.2) is 18.7 Å². The molecule has 1 aromatic carbocycles. The fraction of sp³-hybridized carbons (Fsp3) is 0.200. The number of hydrogen-bond acceptors (Lipinski definition) is 6. The molecule has 0 fully saturated rings. The molecule has 0 spiro atoms. The zero-order valence-corrected chi connectivity index (χ0v) is 18.8. The van der Waals surface area contributed by atoms with Gasteiger partial charge in [-0.15, -0.1) is 0 Å². The average molecular weight is 464 g/mol. The molecule has 34 heavy (non-hydrogen) atoms. The predicted molar refractivity (Wildman–Crippen MR) is 125 cm³/mol. The van der Waals surface area contributed by atoms with Crippen molar-refractivity contribution in [3.05, 3.63) is 82.4 Å². The van der Waals surface area contributed by atoms with Gasteiger partial charge >= 0.3 is 5.97 Å². The number of pyridine rings is 3. The summed E-state index contributed by atoms with van der Waals surface area (Å²) in [7, 11) is 0. The topological polar surface area (TPSA) is 97.0 Å². The van der Waals surface area contributed by atoms with Crippen LogP contribution >= 0.6 is 0 Å². The van der Waals surface area contributed by atoms with Crippen LogP contribution in [0.1, 0.15) is 26.3 Å². The normalized spacial score (nSPS) is 11.4. The number of carbonyl (C=O) groups is 1. The molecule has 0 aliphatic heterocycles. The Labute approximate surface area is 193 Å². The van der Waals surface area contributed by atoms with Crippen molar-refractivity contribution in [1.29, 1.82) is 0 Å². The van der Waals surface area contributed by atoms with E-state index in [1.165, 1.54) is 24.5 Å². The lowest BCUT2D eigenvalue weighted by atomic mass is 9.86. The number of esters is 1. The fourth-order valence-corrected chi connectivity index (χ4v) is 3.57. The van der Waals surface area contributed by atoms with Crippen LogP contribution in [-0.4, -0.2) is 27.5 Å². The number of anilines is 2. The van der Waals surface area contributed by atoms with Gasteiger partial charge < -0.3 is 15.0 Å². The number of rotatable bonds is 6. The van der Waals surface area contributed by atoms with Crippen LogP contribution in [-0.2, 0) is 14.9 Å². The maximum absolute atomic E-state index is 14.4. The van der Waals surface area contributed by atoms with Crippen LogP contribution in [0.2, 0.25) is 0 Å². The number of hydrogen-bond donors (Lipinski definition) is 2. The summed E-state index contributed by atoms with van der Waals surface area (Å²) in [6.07, 6.45) is 2.94. The summed E-state index contributed by atoms with van der Waals surface area (Å²) < 4.78 is 34.0. The highest BCUT2D eigenvalue weighted by Gasteiger charge is 2.31. The average Bonchev–Trinajstić information content (AvgIpc) is 2.79. The van der Waals surface area contributed by atoms with Crippen molar-refractivity contribution >= 4 is 28.4 Å². The lowest BCUT2D eigenvalue weighted by Crippen LogP contribution is -2.31. The van der Waals surface area contributed by atoms with E-state index in [9.17, 15) is 18.4 Å². The van der Waals surface area contributed by atoms with Crippen molar-refractivity contribution in [2.75, 3.05) is 11.9 Å². The lowest BCUT2D eigenvalue weighted by Gasteiger charge is -2.22. The quantitative estimate of drug-likeness (QED) is 0.396. The molecule has 0 unspecified atom stereocenters. The summed E-state index contributed by atoms with van der Waals surface area (Å²) in [5.74, 6) is -1.56. The third-order valence-corrected chi connectivity index (χ3v) is 5.48. The Hall–Kier alpha value is -4.14. The van der Waals surface area contributed by atoms with Crippen LogP contribution in [0, 0.1) is 11.6 Å². The molecule has 0 aliphatic carbocycles. The molecule has 4 rings (SSSR count). The van der Waals surface area contributed by atoms with Gasteiger partial charge in [-0.2, -0.15) is 0 Å². The molecule has 0 aliphatic rings. The largest absolute Gasteiger partial charge is 0.465 e. The van der Waals surface area contributed by atoms with E-state index in [0.717, 1.165) is 12.1 Å². The SMILES string of the molecule is CCOC(=O)C(C)(C)c1ccc(Nc2cc(-c3c(F)cccc3F)nc3cc[nH]c(=O)c23)nc1. The van der Waals surface area contributed by atoms with Crippen LogP contribution in [0.5, 0.6) is 0 Å². The Morgan fingerprint density at radius 3 is 2.53 bits per heavy atom. The smallest absolute Gasteiger partial charge is 0.316 e. The second-order valence-electron chi connectivity index (χ2n) is 8.12. The summed E-state index contributed by atoms with van der Waals surface area (Å²) in [5, 5.41) is 3.25. The molecule has 7 nitrogen and oxygen atoms in total. The van der Waals surface area contributed by atoms with Crippen molar-refractivity contribution in [2.45, 2.75) is 26.2 Å². The molecule has 0 bridgehead atoms. The van der Waals surface area contributed by atoms with E-state index in [4.69, 9.17) is 4.74 Å². The number of aromatic amines is 1. The molecular weight excluding hydrogens is 442 g/mol. The minimum Gasteiger partial charge on any atom is -0.465 e. The lowest BCUT2D eigenvalue weighted by molar-refractivity contribution is -0.148. The first-order valence-electron chi connectivity index (χ1n) is 10.6. The molecule has 9 heteroatoms. The van der Waals surface area contributed by atoms with Gasteiger partial charge in [-0.05, 0) is 56.7 Å². The standard InChI is InChI=1S/C25H22F2N4O3/c1-4-34-24(33)25(2,3)14-8-9-20(29-13-14)31-19-12-18(21-15(26)6-5-7-16(21)27)30-17-10-11-28-23(32)22(17)19/h5-13H,4H2,1-3H3,(H,28,32)(H,29,30,31). The van der Waals surface area contributed by atoms with Gasteiger partial charge in [0.25, 0.3) is 5.56 Å². The minimum atomic E-state index is -0.905. The predicted octanol–water partition coefficient (Wildman–Crippen LogP) is 4.85. The van der Waals surface area contributed by atoms with Crippen LogP contribution in [0.15, 0.2) is 59.7 Å². The van der Waals surface area contributed by atoms with Gasteiger partial charge in [-0.1, -0.05) is 12.1 Å². The summed E-state index contributed by atoms with van der Waals surface area (Å²) in [5.41, 5.74) is -0.432. The molecule has 2 N–H and O–H groups in total. The number of halogens is 2. The third kappa shape index (κ3) is 4.24. The van der Waals surface area contributed by atoms with Crippen LogP contribution < -0.4 is 10.9 Å². The summed E-state index contributed by atoms with van der Waals surface area (Å²) in [6.45, 7) is 5.48. The number of ether oxygens (including phenoxy) is 1. The van der Waals surface area contributed by atoms with Crippen LogP contribution in [0.3, 0.4) is 0 Å². The first-order chi connectivity index (χ1) is 16.2. The van der Waals surface area contributed by atoms with Gasteiger partial charge in [0, 0.05) is 12.4 Å². The molecule has 0 atom stereocenters. The highest BCUT2D eigenvalue weighted by Crippen LogP contribution is 2.31. The fourth-order valence-electron chi connectivity index (χ4n) is 3.57. The molecule has 4 aromatic rings. The van der Waals surface area contributed by atoms with Crippen LogP contribution in [0.4, 0.5) is 20.3 Å². The number of aromatic nitrogens is 3. The van der Waals surface area contributed by atoms with Gasteiger partial charge in [0.15, 0.2) is 0 Å². The van der Waals surface area contributed by atoms with Crippen molar-refractivity contribution in [1.82, 2.24) is 15.0 Å². The Balaban J connectivity index is 1.77. The molecule has 0 amide bonds. The molecule has 3 aromatic heterocycles. The molecule has 0 saturated heterocycles. The number of fused-ring (bicyclic) bond motifs is 1. The summed E-state index contributed by atoms with van der Waals surface area (Å²) >= 11 is 0. The summed E-state index contributed by atoms with van der Waals surface area (Å²) in [4.78, 5) is 36.1. The zero-order chi connectivity index (χ0) is 24.5. The number of nitrogens with one attached hydrogen (secondary N) is 2. The molecule has 0 saturated carbocycles. The number of benzene rings is 1. The van der Waals surface area contributed by atoms with E-state index >= 15 is 0 Å². The van der Waals surface area contributed by atoms with E-state index in [1.54, 1.807) is 39.0 Å². The van der Waals surface area contributed by atoms with Crippen molar-refractivity contribution < 1.29 is 18.3 Å². The van der Waals surface area contributed by atoms with E-state index < -0.39 is 22.6 Å². The number of H-pyrrole nitrogens is 1. The number of nitrogens with zero attached hydrogens (tertiary/aromatic N) is 2. The Bertz CT molecular complexity index is 1410. The summed E-state index contributed by atoms with van der Waals surface area (Å²) in [6, 6.07) is 9.85. The van der Waals surface area contributed by atoms with Crippen molar-refractivity contribution in [3.8, 4) is 11.3 Å². The highest BCUT2D eigenvalue weighted by atomic mass is 19.1. The minimum absolute atomic E-state index is 0.0243. The van der Waals surface area contributed by atoms with Crippen molar-refractivity contribution in [2.24, 2.45) is 0 Å². The molecule has 0 radical (unpaired) electrons. The molecule has 3 heterocycles. The van der Waals surface area contributed by atoms with Crippen LogP contribution in [0.25, 0.3) is 22.2 Å². The second kappa shape index (κ2) is 9.01. The van der Waals surface area contributed by atoms with E-state index in [-0.39, 0.29) is 40.4 Å².